The normalized spacial score (nSPS) is 10.6. The lowest BCUT2D eigenvalue weighted by Gasteiger charge is -2.03. The number of H-pyrrole nitrogens is 1. The zero-order chi connectivity index (χ0) is 21.1. The summed E-state index contributed by atoms with van der Waals surface area (Å²) in [5, 5.41) is 27.3. The first kappa shape index (κ1) is 18.9. The molecular weight excluding hydrogens is 386 g/mol. The van der Waals surface area contributed by atoms with Gasteiger partial charge in [-0.1, -0.05) is 29.8 Å². The number of carbonyl (C=O) groups is 1. The van der Waals surface area contributed by atoms with Crippen LogP contribution in [0, 0.1) is 17.0 Å². The number of urea groups is 1. The third-order valence-corrected chi connectivity index (χ3v) is 4.32. The van der Waals surface area contributed by atoms with Gasteiger partial charge in [0.1, 0.15) is 0 Å². The number of benzene rings is 2. The summed E-state index contributed by atoms with van der Waals surface area (Å²) < 4.78 is 1.66. The average molecular weight is 403 g/mol. The van der Waals surface area contributed by atoms with Gasteiger partial charge in [0.2, 0.25) is 0 Å². The van der Waals surface area contributed by atoms with Crippen LogP contribution in [0.15, 0.2) is 66.9 Å². The molecule has 0 aliphatic rings. The van der Waals surface area contributed by atoms with Crippen molar-refractivity contribution in [2.75, 3.05) is 10.6 Å². The fraction of sp³-hybridized carbons (Fsp3) is 0.0500. The number of rotatable bonds is 5. The highest BCUT2D eigenvalue weighted by molar-refractivity contribution is 5.98. The zero-order valence-corrected chi connectivity index (χ0v) is 15.9. The maximum Gasteiger partial charge on any atom is 0.326 e. The van der Waals surface area contributed by atoms with Gasteiger partial charge in [-0.2, -0.15) is 5.10 Å². The third-order valence-electron chi connectivity index (χ3n) is 4.32. The molecule has 150 valence electrons. The molecule has 2 aromatic carbocycles. The topological polar surface area (TPSA) is 131 Å². The highest BCUT2D eigenvalue weighted by Gasteiger charge is 2.12. The molecule has 0 atom stereocenters. The van der Waals surface area contributed by atoms with Gasteiger partial charge >= 0.3 is 6.03 Å². The van der Waals surface area contributed by atoms with Gasteiger partial charge in [-0.3, -0.25) is 25.8 Å². The molecule has 10 heteroatoms. The minimum absolute atomic E-state index is 0.0292. The summed E-state index contributed by atoms with van der Waals surface area (Å²) in [7, 11) is 0. The standard InChI is InChI=1S/C20H17N7O3/c1-13-5-7-15(8-6-13)26-10-9-18(25-26)21-20(28)22-19-12-17(23-24-19)14-3-2-4-16(11-14)27(29)30/h2-12H,1H3,(H3,21,22,23,24,25,28). The molecule has 0 saturated heterocycles. The maximum absolute atomic E-state index is 12.2. The molecule has 0 unspecified atom stereocenters. The fourth-order valence-corrected chi connectivity index (χ4v) is 2.82. The van der Waals surface area contributed by atoms with Crippen LogP contribution in [0.1, 0.15) is 5.56 Å². The van der Waals surface area contributed by atoms with Crippen molar-refractivity contribution in [3.8, 4) is 16.9 Å². The van der Waals surface area contributed by atoms with Crippen LogP contribution in [0.3, 0.4) is 0 Å². The van der Waals surface area contributed by atoms with E-state index in [1.54, 1.807) is 35.1 Å². The first-order valence-corrected chi connectivity index (χ1v) is 8.99. The predicted molar refractivity (Wildman–Crippen MR) is 112 cm³/mol. The quantitative estimate of drug-likeness (QED) is 0.341. The maximum atomic E-state index is 12.2. The van der Waals surface area contributed by atoms with Crippen LogP contribution in [0.2, 0.25) is 0 Å². The number of nitrogens with one attached hydrogen (secondary N) is 3. The van der Waals surface area contributed by atoms with Gasteiger partial charge in [-0.25, -0.2) is 9.48 Å². The zero-order valence-electron chi connectivity index (χ0n) is 15.9. The third kappa shape index (κ3) is 4.17. The van der Waals surface area contributed by atoms with E-state index in [1.165, 1.54) is 12.1 Å². The van der Waals surface area contributed by atoms with Gasteiger partial charge in [0.25, 0.3) is 5.69 Å². The largest absolute Gasteiger partial charge is 0.326 e. The van der Waals surface area contributed by atoms with Crippen LogP contribution in [0.5, 0.6) is 0 Å². The Hall–Kier alpha value is -4.47. The number of aromatic amines is 1. The number of hydrogen-bond acceptors (Lipinski definition) is 5. The van der Waals surface area contributed by atoms with E-state index in [0.29, 0.717) is 17.1 Å². The molecule has 0 aliphatic heterocycles. The summed E-state index contributed by atoms with van der Waals surface area (Å²) in [5.41, 5.74) is 3.12. The summed E-state index contributed by atoms with van der Waals surface area (Å²) >= 11 is 0. The van der Waals surface area contributed by atoms with Crippen LogP contribution in [-0.4, -0.2) is 30.9 Å². The number of amides is 2. The number of anilines is 2. The molecule has 2 aromatic heterocycles. The molecule has 4 rings (SSSR count). The Balaban J connectivity index is 1.41. The van der Waals surface area contributed by atoms with Crippen LogP contribution in [-0.2, 0) is 0 Å². The Morgan fingerprint density at radius 1 is 1.07 bits per heavy atom. The van der Waals surface area contributed by atoms with Gasteiger partial charge in [-0.15, -0.1) is 5.10 Å². The van der Waals surface area contributed by atoms with Crippen molar-refractivity contribution in [2.45, 2.75) is 6.92 Å². The van der Waals surface area contributed by atoms with Gasteiger partial charge in [0.05, 0.1) is 16.3 Å². The van der Waals surface area contributed by atoms with E-state index in [-0.39, 0.29) is 11.5 Å². The number of aromatic nitrogens is 4. The second-order valence-corrected chi connectivity index (χ2v) is 6.53. The highest BCUT2D eigenvalue weighted by Crippen LogP contribution is 2.24. The molecule has 2 heterocycles. The monoisotopic (exact) mass is 403 g/mol. The number of nitrogens with zero attached hydrogens (tertiary/aromatic N) is 4. The van der Waals surface area contributed by atoms with Crippen LogP contribution in [0.25, 0.3) is 16.9 Å². The molecular formula is C20H17N7O3. The van der Waals surface area contributed by atoms with E-state index >= 15 is 0 Å². The molecule has 4 aromatic rings. The first-order chi connectivity index (χ1) is 14.5. The summed E-state index contributed by atoms with van der Waals surface area (Å²) in [5.74, 6) is 0.648. The lowest BCUT2D eigenvalue weighted by molar-refractivity contribution is -0.384. The summed E-state index contributed by atoms with van der Waals surface area (Å²) in [6.07, 6.45) is 1.75. The van der Waals surface area contributed by atoms with Gasteiger partial charge < -0.3 is 0 Å². The summed E-state index contributed by atoms with van der Waals surface area (Å²) in [4.78, 5) is 22.7. The second kappa shape index (κ2) is 7.87. The SMILES string of the molecule is Cc1ccc(-n2ccc(NC(=O)Nc3cc(-c4cccc([N+](=O)[O-])c4)[nH]n3)n2)cc1. The number of aryl methyl sites for hydroxylation is 1. The van der Waals surface area contributed by atoms with Crippen molar-refractivity contribution in [1.82, 2.24) is 20.0 Å². The summed E-state index contributed by atoms with van der Waals surface area (Å²) in [6, 6.07) is 16.7. The van der Waals surface area contributed by atoms with Crippen molar-refractivity contribution in [3.63, 3.8) is 0 Å². The number of carbonyl (C=O) groups excluding carboxylic acids is 1. The van der Waals surface area contributed by atoms with E-state index in [0.717, 1.165) is 11.3 Å². The molecule has 3 N–H and O–H groups in total. The lowest BCUT2D eigenvalue weighted by atomic mass is 10.1. The van der Waals surface area contributed by atoms with Crippen LogP contribution in [0.4, 0.5) is 22.1 Å². The van der Waals surface area contributed by atoms with Crippen molar-refractivity contribution >= 4 is 23.4 Å². The van der Waals surface area contributed by atoms with E-state index in [4.69, 9.17) is 0 Å². The Bertz CT molecular complexity index is 1210. The number of nitro groups is 1. The number of nitro benzene ring substituents is 1. The molecule has 0 aliphatic carbocycles. The van der Waals surface area contributed by atoms with Gasteiger partial charge in [-0.05, 0) is 19.1 Å². The van der Waals surface area contributed by atoms with Gasteiger partial charge in [0.15, 0.2) is 11.6 Å². The molecule has 0 fully saturated rings. The molecule has 10 nitrogen and oxygen atoms in total. The Morgan fingerprint density at radius 3 is 2.60 bits per heavy atom. The first-order valence-electron chi connectivity index (χ1n) is 8.99. The summed E-state index contributed by atoms with van der Waals surface area (Å²) in [6.45, 7) is 2.00. The van der Waals surface area contributed by atoms with E-state index in [1.807, 2.05) is 31.2 Å². The number of non-ortho nitro benzene ring substituents is 1. The minimum atomic E-state index is -0.513. The predicted octanol–water partition coefficient (Wildman–Crippen LogP) is 4.12. The van der Waals surface area contributed by atoms with Crippen molar-refractivity contribution < 1.29 is 9.72 Å². The molecule has 0 radical (unpaired) electrons. The fourth-order valence-electron chi connectivity index (χ4n) is 2.82. The lowest BCUT2D eigenvalue weighted by Crippen LogP contribution is -2.20. The van der Waals surface area contributed by atoms with E-state index < -0.39 is 11.0 Å². The van der Waals surface area contributed by atoms with E-state index in [9.17, 15) is 14.9 Å². The molecule has 0 bridgehead atoms. The molecule has 2 amide bonds. The van der Waals surface area contributed by atoms with Crippen molar-refractivity contribution in [2.24, 2.45) is 0 Å². The highest BCUT2D eigenvalue weighted by atomic mass is 16.6. The Kier molecular flexibility index (Phi) is 4.95. The average Bonchev–Trinajstić information content (AvgIpc) is 3.38. The Labute approximate surface area is 170 Å². The van der Waals surface area contributed by atoms with Gasteiger partial charge in [0, 0.05) is 36.0 Å². The van der Waals surface area contributed by atoms with Crippen molar-refractivity contribution in [3.05, 3.63) is 82.5 Å². The minimum Gasteiger partial charge on any atom is -0.291 e. The van der Waals surface area contributed by atoms with Crippen LogP contribution >= 0.6 is 0 Å². The number of hydrogen-bond donors (Lipinski definition) is 3. The van der Waals surface area contributed by atoms with Crippen LogP contribution < -0.4 is 10.6 Å². The second-order valence-electron chi connectivity index (χ2n) is 6.53. The molecule has 0 saturated carbocycles. The Morgan fingerprint density at radius 2 is 1.83 bits per heavy atom. The smallest absolute Gasteiger partial charge is 0.291 e. The molecule has 30 heavy (non-hydrogen) atoms. The molecule has 0 spiro atoms. The van der Waals surface area contributed by atoms with Crippen molar-refractivity contribution in [1.29, 1.82) is 0 Å². The van der Waals surface area contributed by atoms with E-state index in [2.05, 4.69) is 25.9 Å².